The van der Waals surface area contributed by atoms with Crippen molar-refractivity contribution in [2.75, 3.05) is 23.8 Å². The molecule has 0 radical (unpaired) electrons. The molecule has 4 aromatic carbocycles. The Morgan fingerprint density at radius 1 is 0.548 bits per heavy atom. The normalized spacial score (nSPS) is 10.8. The van der Waals surface area contributed by atoms with Crippen molar-refractivity contribution in [2.45, 2.75) is 41.5 Å². The summed E-state index contributed by atoms with van der Waals surface area (Å²) in [6.45, 7) is 11.6. The number of nitrogens with one attached hydrogen (secondary N) is 2. The van der Waals surface area contributed by atoms with Crippen LogP contribution in [0.25, 0.3) is 11.1 Å². The second kappa shape index (κ2) is 13.6. The summed E-state index contributed by atoms with van der Waals surface area (Å²) in [7, 11) is 0. The largest absolute Gasteiger partial charge is 0.483 e. The minimum atomic E-state index is -0.224. The number of hydrogen-bond acceptors (Lipinski definition) is 4. The third-order valence-electron chi connectivity index (χ3n) is 6.88. The smallest absolute Gasteiger partial charge is 0.262 e. The van der Waals surface area contributed by atoms with Gasteiger partial charge in [0.1, 0.15) is 11.5 Å². The first kappa shape index (κ1) is 31.3. The predicted octanol–water partition coefficient (Wildman–Crippen LogP) is 8.76. The van der Waals surface area contributed by atoms with E-state index in [0.717, 1.165) is 76.3 Å². The maximum atomic E-state index is 12.6. The standard InChI is InChI=1S/C34H34Br2N2O4/c1-19-11-25(7-9-29(19)37-31(39)17-41-33-21(3)13-27(35)14-22(33)4)26-8-10-30(20(2)12-26)38-32(40)18-42-34-23(5)15-28(36)16-24(34)6/h7-16H,17-18H2,1-6H3,(H,37,39)(H,38,40). The Morgan fingerprint density at radius 2 is 0.881 bits per heavy atom. The fourth-order valence-corrected chi connectivity index (χ4v) is 6.24. The number of anilines is 2. The van der Waals surface area contributed by atoms with Crippen molar-refractivity contribution in [2.24, 2.45) is 0 Å². The molecule has 0 fully saturated rings. The zero-order chi connectivity index (χ0) is 30.6. The first-order chi connectivity index (χ1) is 19.9. The van der Waals surface area contributed by atoms with E-state index in [-0.39, 0.29) is 25.0 Å². The van der Waals surface area contributed by atoms with Crippen LogP contribution in [0.5, 0.6) is 11.5 Å². The highest BCUT2D eigenvalue weighted by molar-refractivity contribution is 9.10. The summed E-state index contributed by atoms with van der Waals surface area (Å²) in [6, 6.07) is 19.7. The summed E-state index contributed by atoms with van der Waals surface area (Å²) in [5.74, 6) is 0.992. The summed E-state index contributed by atoms with van der Waals surface area (Å²) in [6.07, 6.45) is 0. The van der Waals surface area contributed by atoms with Crippen LogP contribution in [0.2, 0.25) is 0 Å². The Bertz CT molecular complexity index is 1500. The molecule has 4 aromatic rings. The van der Waals surface area contributed by atoms with Gasteiger partial charge in [0, 0.05) is 20.3 Å². The molecule has 218 valence electrons. The van der Waals surface area contributed by atoms with Crippen LogP contribution in [0.4, 0.5) is 11.4 Å². The van der Waals surface area contributed by atoms with Gasteiger partial charge in [0.05, 0.1) is 0 Å². The number of benzene rings is 4. The van der Waals surface area contributed by atoms with Gasteiger partial charge >= 0.3 is 0 Å². The predicted molar refractivity (Wildman–Crippen MR) is 177 cm³/mol. The van der Waals surface area contributed by atoms with Crippen LogP contribution in [0.1, 0.15) is 33.4 Å². The maximum absolute atomic E-state index is 12.6. The number of halogens is 2. The van der Waals surface area contributed by atoms with Crippen LogP contribution >= 0.6 is 31.9 Å². The van der Waals surface area contributed by atoms with Gasteiger partial charge in [0.25, 0.3) is 11.8 Å². The molecular weight excluding hydrogens is 660 g/mol. The SMILES string of the molecule is Cc1cc(-c2ccc(NC(=O)COc3c(C)cc(Br)cc3C)c(C)c2)ccc1NC(=O)COc1c(C)cc(Br)cc1C. The van der Waals surface area contributed by atoms with Crippen LogP contribution in [-0.4, -0.2) is 25.0 Å². The Morgan fingerprint density at radius 3 is 1.19 bits per heavy atom. The molecule has 2 N–H and O–H groups in total. The Balaban J connectivity index is 1.36. The third kappa shape index (κ3) is 7.81. The lowest BCUT2D eigenvalue weighted by atomic mass is 10.00. The molecule has 0 saturated carbocycles. The Kier molecular flexibility index (Phi) is 10.1. The van der Waals surface area contributed by atoms with Crippen molar-refractivity contribution >= 4 is 55.0 Å². The van der Waals surface area contributed by atoms with E-state index in [4.69, 9.17) is 9.47 Å². The fraction of sp³-hybridized carbons (Fsp3) is 0.235. The van der Waals surface area contributed by atoms with Crippen molar-refractivity contribution in [3.8, 4) is 22.6 Å². The lowest BCUT2D eigenvalue weighted by molar-refractivity contribution is -0.118. The number of ether oxygens (including phenoxy) is 2. The molecule has 0 heterocycles. The van der Waals surface area contributed by atoms with Gasteiger partial charge < -0.3 is 20.1 Å². The van der Waals surface area contributed by atoms with E-state index in [1.807, 2.05) is 102 Å². The maximum Gasteiger partial charge on any atom is 0.262 e. The molecule has 0 saturated heterocycles. The van der Waals surface area contributed by atoms with Crippen LogP contribution in [0.15, 0.2) is 69.6 Å². The molecule has 8 heteroatoms. The van der Waals surface area contributed by atoms with E-state index < -0.39 is 0 Å². The van der Waals surface area contributed by atoms with Crippen LogP contribution < -0.4 is 20.1 Å². The van der Waals surface area contributed by atoms with Crippen molar-refractivity contribution in [1.29, 1.82) is 0 Å². The summed E-state index contributed by atoms with van der Waals surface area (Å²) in [5, 5.41) is 5.90. The molecule has 0 spiro atoms. The molecule has 6 nitrogen and oxygen atoms in total. The topological polar surface area (TPSA) is 76.7 Å². The average Bonchev–Trinajstić information content (AvgIpc) is 2.89. The molecule has 0 aliphatic carbocycles. The molecule has 42 heavy (non-hydrogen) atoms. The lowest BCUT2D eigenvalue weighted by Crippen LogP contribution is -2.21. The molecule has 2 amide bonds. The molecule has 0 bridgehead atoms. The second-order valence-electron chi connectivity index (χ2n) is 10.5. The minimum absolute atomic E-state index is 0.0791. The molecule has 4 rings (SSSR count). The molecule has 0 aliphatic rings. The average molecular weight is 694 g/mol. The molecule has 0 atom stereocenters. The van der Waals surface area contributed by atoms with E-state index in [1.54, 1.807) is 0 Å². The van der Waals surface area contributed by atoms with Crippen LogP contribution in [-0.2, 0) is 9.59 Å². The number of aryl methyl sites for hydroxylation is 6. The highest BCUT2D eigenvalue weighted by Crippen LogP contribution is 2.30. The van der Waals surface area contributed by atoms with Crippen molar-refractivity contribution in [3.63, 3.8) is 0 Å². The third-order valence-corrected chi connectivity index (χ3v) is 7.80. The Hall–Kier alpha value is -3.62. The quantitative estimate of drug-likeness (QED) is 0.184. The van der Waals surface area contributed by atoms with Gasteiger partial charge in [0.2, 0.25) is 0 Å². The van der Waals surface area contributed by atoms with Gasteiger partial charge in [-0.3, -0.25) is 9.59 Å². The summed E-state index contributed by atoms with van der Waals surface area (Å²) >= 11 is 6.96. The van der Waals surface area contributed by atoms with E-state index in [9.17, 15) is 9.59 Å². The highest BCUT2D eigenvalue weighted by atomic mass is 79.9. The van der Waals surface area contributed by atoms with E-state index >= 15 is 0 Å². The number of carbonyl (C=O) groups excluding carboxylic acids is 2. The van der Waals surface area contributed by atoms with Crippen LogP contribution in [0.3, 0.4) is 0 Å². The van der Waals surface area contributed by atoms with Crippen molar-refractivity contribution in [3.05, 3.63) is 103 Å². The molecule has 0 aliphatic heterocycles. The van der Waals surface area contributed by atoms with Gasteiger partial charge in [-0.2, -0.15) is 0 Å². The summed E-state index contributed by atoms with van der Waals surface area (Å²) in [4.78, 5) is 25.3. The summed E-state index contributed by atoms with van der Waals surface area (Å²) in [5.41, 5.74) is 9.21. The van der Waals surface area contributed by atoms with Gasteiger partial charge in [-0.15, -0.1) is 0 Å². The lowest BCUT2D eigenvalue weighted by Gasteiger charge is -2.15. The summed E-state index contributed by atoms with van der Waals surface area (Å²) < 4.78 is 13.6. The Labute approximate surface area is 264 Å². The fourth-order valence-electron chi connectivity index (χ4n) is 4.87. The number of carbonyl (C=O) groups is 2. The van der Waals surface area contributed by atoms with Gasteiger partial charge in [-0.05, 0) is 135 Å². The van der Waals surface area contributed by atoms with Crippen LogP contribution in [0, 0.1) is 41.5 Å². The van der Waals surface area contributed by atoms with E-state index in [0.29, 0.717) is 0 Å². The van der Waals surface area contributed by atoms with Crippen molar-refractivity contribution < 1.29 is 19.1 Å². The monoisotopic (exact) mass is 692 g/mol. The van der Waals surface area contributed by atoms with E-state index in [1.165, 1.54) is 0 Å². The number of hydrogen-bond donors (Lipinski definition) is 2. The molecular formula is C34H34Br2N2O4. The zero-order valence-electron chi connectivity index (χ0n) is 24.6. The molecule has 0 unspecified atom stereocenters. The number of rotatable bonds is 9. The number of amides is 2. The van der Waals surface area contributed by atoms with Gasteiger partial charge in [-0.1, -0.05) is 44.0 Å². The second-order valence-corrected chi connectivity index (χ2v) is 12.3. The molecule has 0 aromatic heterocycles. The van der Waals surface area contributed by atoms with E-state index in [2.05, 4.69) is 42.5 Å². The zero-order valence-corrected chi connectivity index (χ0v) is 27.7. The van der Waals surface area contributed by atoms with Gasteiger partial charge in [-0.25, -0.2) is 0 Å². The minimum Gasteiger partial charge on any atom is -0.483 e. The first-order valence-corrected chi connectivity index (χ1v) is 15.1. The van der Waals surface area contributed by atoms with Crippen molar-refractivity contribution in [1.82, 2.24) is 0 Å². The van der Waals surface area contributed by atoms with Gasteiger partial charge in [0.15, 0.2) is 13.2 Å². The first-order valence-electron chi connectivity index (χ1n) is 13.5. The highest BCUT2D eigenvalue weighted by Gasteiger charge is 2.13.